The van der Waals surface area contributed by atoms with E-state index >= 15 is 0 Å². The normalized spacial score (nSPS) is 13.6. The summed E-state index contributed by atoms with van der Waals surface area (Å²) in [5.41, 5.74) is 1.94. The molecule has 366 valence electrons. The molecular weight excluding hydrogens is 836 g/mol. The number of hydrogen-bond acceptors (Lipinski definition) is 8. The lowest BCUT2D eigenvalue weighted by Crippen LogP contribution is -2.55. The van der Waals surface area contributed by atoms with Crippen LogP contribution in [-0.4, -0.2) is 108 Å². The number of carbonyl (C=O) groups is 7. The Morgan fingerprint density at radius 1 is 0.812 bits per heavy atom. The summed E-state index contributed by atoms with van der Waals surface area (Å²) in [7, 11) is 2.71. The summed E-state index contributed by atoms with van der Waals surface area (Å²) in [6.45, 7) is 25.0. The van der Waals surface area contributed by atoms with Crippen molar-refractivity contribution in [3.63, 3.8) is 0 Å². The average molecular weight is 914 g/mol. The minimum Gasteiger partial charge on any atom is -0.480 e. The van der Waals surface area contributed by atoms with Crippen molar-refractivity contribution in [1.82, 2.24) is 25.8 Å². The Kier molecular flexibility index (Phi) is 32.8. The van der Waals surface area contributed by atoms with E-state index in [0.29, 0.717) is 24.3 Å². The third kappa shape index (κ3) is 29.2. The summed E-state index contributed by atoms with van der Waals surface area (Å²) in [5, 5.41) is 16.4. The minimum absolute atomic E-state index is 0.318. The van der Waals surface area contributed by atoms with Gasteiger partial charge in [0.15, 0.2) is 6.61 Å². The van der Waals surface area contributed by atoms with E-state index in [-0.39, 0.29) is 5.92 Å². The fraction of sp³-hybridized carbons (Fsp3) is 0.638. The van der Waals surface area contributed by atoms with E-state index in [1.807, 2.05) is 27.7 Å². The molecule has 0 aromatic heterocycles. The number of ether oxygens (including phenoxy) is 1. The molecule has 0 aliphatic carbocycles. The Morgan fingerprint density at radius 2 is 1.34 bits per heavy atom. The zero-order valence-corrected chi connectivity index (χ0v) is 41.1. The maximum atomic E-state index is 12.8. The summed E-state index contributed by atoms with van der Waals surface area (Å²) >= 11 is 0. The molecule has 17 heteroatoms. The van der Waals surface area contributed by atoms with E-state index in [1.165, 1.54) is 45.6 Å². The third-order valence-electron chi connectivity index (χ3n) is 9.15. The molecule has 5 amide bonds. The molecule has 4 unspecified atom stereocenters. The Balaban J connectivity index is -0.00000182. The van der Waals surface area contributed by atoms with E-state index in [2.05, 4.69) is 56.6 Å². The number of carboxylic acid groups (broad SMARTS) is 1. The highest BCUT2D eigenvalue weighted by Crippen LogP contribution is 2.28. The number of aryl methyl sites for hydroxylation is 1. The van der Waals surface area contributed by atoms with Crippen LogP contribution >= 0.6 is 0 Å². The number of nitrogens with one attached hydrogen (secondary N) is 3. The highest BCUT2D eigenvalue weighted by atomic mass is 19.4. The maximum absolute atomic E-state index is 12.8. The fourth-order valence-electron chi connectivity index (χ4n) is 5.09. The van der Waals surface area contributed by atoms with Crippen molar-refractivity contribution in [2.75, 3.05) is 33.8 Å². The van der Waals surface area contributed by atoms with Crippen LogP contribution in [0.25, 0.3) is 0 Å². The molecule has 0 fully saturated rings. The molecule has 0 heterocycles. The van der Waals surface area contributed by atoms with Crippen molar-refractivity contribution in [3.05, 3.63) is 58.7 Å². The topological polar surface area (TPSA) is 192 Å². The Morgan fingerprint density at radius 3 is 1.81 bits per heavy atom. The van der Waals surface area contributed by atoms with Crippen LogP contribution in [0, 0.1) is 24.7 Å². The number of benzene rings is 1. The second-order valence-corrected chi connectivity index (χ2v) is 16.3. The molecule has 0 saturated carbocycles. The number of hydrogen-bond donors (Lipinski definition) is 4. The number of aliphatic carboxylic acids is 1. The number of rotatable bonds is 20. The van der Waals surface area contributed by atoms with Gasteiger partial charge < -0.3 is 35.6 Å². The van der Waals surface area contributed by atoms with Crippen molar-refractivity contribution in [3.8, 4) is 0 Å². The molecular formula is C47H78F3N5O9. The third-order valence-corrected chi connectivity index (χ3v) is 9.15. The zero-order valence-electron chi connectivity index (χ0n) is 41.1. The van der Waals surface area contributed by atoms with Gasteiger partial charge in [-0.2, -0.15) is 13.2 Å². The van der Waals surface area contributed by atoms with Gasteiger partial charge in [-0.15, -0.1) is 0 Å². The summed E-state index contributed by atoms with van der Waals surface area (Å²) in [6, 6.07) is 1.85. The van der Waals surface area contributed by atoms with Crippen LogP contribution in [0.15, 0.2) is 47.6 Å². The Labute approximate surface area is 380 Å². The van der Waals surface area contributed by atoms with Crippen LogP contribution in [0.1, 0.15) is 127 Å². The number of esters is 1. The van der Waals surface area contributed by atoms with Gasteiger partial charge in [-0.25, -0.2) is 4.79 Å². The summed E-state index contributed by atoms with van der Waals surface area (Å²) in [5.74, 6) is -4.03. The lowest BCUT2D eigenvalue weighted by molar-refractivity contribution is -0.146. The van der Waals surface area contributed by atoms with Gasteiger partial charge in [0.25, 0.3) is 5.91 Å². The largest absolute Gasteiger partial charge is 0.480 e. The van der Waals surface area contributed by atoms with Crippen molar-refractivity contribution in [2.24, 2.45) is 17.8 Å². The number of nitrogens with zero attached hydrogens (tertiary/aromatic N) is 2. The molecule has 0 aliphatic rings. The molecule has 1 aromatic carbocycles. The predicted octanol–water partition coefficient (Wildman–Crippen LogP) is 7.49. The van der Waals surface area contributed by atoms with Crippen LogP contribution in [0.5, 0.6) is 0 Å². The van der Waals surface area contributed by atoms with Crippen molar-refractivity contribution in [2.45, 2.75) is 147 Å². The molecule has 0 bridgehead atoms. The predicted molar refractivity (Wildman–Crippen MR) is 245 cm³/mol. The SMILES string of the molecule is C/C=C(\C)CC(C)CC/C=C(\C)C(=O)OCC(=O)NC(C)C(=O)N(C)CC(=O)N(C)CC(=O)NC(C(=O)N[C@H](C)C(=O)O)C(C)CC.CC.CC(C)C.Cc1ccc(C(F)(F)F)cc1. The first kappa shape index (κ1) is 63.1. The van der Waals surface area contributed by atoms with Gasteiger partial charge in [-0.05, 0) is 90.7 Å². The van der Waals surface area contributed by atoms with Crippen molar-refractivity contribution in [1.29, 1.82) is 0 Å². The van der Waals surface area contributed by atoms with E-state index in [9.17, 15) is 46.7 Å². The molecule has 0 saturated heterocycles. The van der Waals surface area contributed by atoms with Crippen LogP contribution in [-0.2, 0) is 44.5 Å². The number of halogens is 3. The van der Waals surface area contributed by atoms with Crippen molar-refractivity contribution >= 4 is 41.5 Å². The summed E-state index contributed by atoms with van der Waals surface area (Å²) < 4.78 is 40.8. The van der Waals surface area contributed by atoms with Crippen LogP contribution < -0.4 is 16.0 Å². The summed E-state index contributed by atoms with van der Waals surface area (Å²) in [6.07, 6.45) is 2.76. The van der Waals surface area contributed by atoms with Gasteiger partial charge in [0.1, 0.15) is 18.1 Å². The molecule has 0 aliphatic heterocycles. The smallest absolute Gasteiger partial charge is 0.416 e. The molecule has 5 atom stereocenters. The van der Waals surface area contributed by atoms with E-state index in [0.717, 1.165) is 46.3 Å². The van der Waals surface area contributed by atoms with E-state index < -0.39 is 91.0 Å². The van der Waals surface area contributed by atoms with Crippen LogP contribution in [0.2, 0.25) is 0 Å². The molecule has 14 nitrogen and oxygen atoms in total. The maximum Gasteiger partial charge on any atom is 0.416 e. The quantitative estimate of drug-likeness (QED) is 0.0583. The van der Waals surface area contributed by atoms with Gasteiger partial charge in [-0.3, -0.25) is 28.8 Å². The fourth-order valence-corrected chi connectivity index (χ4v) is 5.09. The zero-order chi connectivity index (χ0) is 50.5. The van der Waals surface area contributed by atoms with E-state index in [4.69, 9.17) is 9.84 Å². The number of amides is 5. The monoisotopic (exact) mass is 914 g/mol. The van der Waals surface area contributed by atoms with E-state index in [1.54, 1.807) is 26.8 Å². The van der Waals surface area contributed by atoms with Crippen LogP contribution in [0.4, 0.5) is 13.2 Å². The molecule has 1 aromatic rings. The second-order valence-electron chi connectivity index (χ2n) is 16.3. The number of alkyl halides is 3. The average Bonchev–Trinajstić information content (AvgIpc) is 3.21. The van der Waals surface area contributed by atoms with Gasteiger partial charge in [0.05, 0.1) is 18.7 Å². The van der Waals surface area contributed by atoms with Gasteiger partial charge in [0, 0.05) is 19.7 Å². The van der Waals surface area contributed by atoms with Gasteiger partial charge >= 0.3 is 18.1 Å². The highest BCUT2D eigenvalue weighted by molar-refractivity contribution is 5.94. The number of carboxylic acids is 1. The number of allylic oxidation sites excluding steroid dienone is 3. The lowest BCUT2D eigenvalue weighted by atomic mass is 9.97. The first-order valence-electron chi connectivity index (χ1n) is 21.8. The minimum atomic E-state index is -4.21. The number of carbonyl (C=O) groups excluding carboxylic acids is 6. The molecule has 0 spiro atoms. The Bertz CT molecular complexity index is 1660. The van der Waals surface area contributed by atoms with Crippen LogP contribution in [0.3, 0.4) is 0 Å². The first-order valence-corrected chi connectivity index (χ1v) is 21.8. The highest BCUT2D eigenvalue weighted by Gasteiger charge is 2.31. The molecule has 4 N–H and O–H groups in total. The standard InChI is InChI=1S/C33H55N5O9.C8H7F3.C4H10.C2H6/c1-11-20(3)16-21(4)14-13-15-23(6)33(46)47-19-27(40)34-24(7)31(43)38(10)18-28(41)37(9)17-26(39)36-29(22(5)12-2)30(42)35-25(8)32(44)45;1-6-2-4-7(5-3-6)8(9,10)11;1-4(2)3;1-2/h11,15,21-22,24-25,29H,12-14,16-19H2,1-10H3,(H,34,40)(H,35,42)(H,36,39)(H,44,45);2-5H,1H3;4H,1-3H3;1-2H3/b20-11+,23-15+;;;/t21?,22?,24?,25-,29?;;;/m1.../s1. The number of likely N-dealkylation sites (N-methyl/N-ethyl adjacent to an activating group) is 2. The van der Waals surface area contributed by atoms with Crippen molar-refractivity contribution < 1.29 is 56.6 Å². The lowest BCUT2D eigenvalue weighted by Gasteiger charge is -2.27. The summed E-state index contributed by atoms with van der Waals surface area (Å²) in [4.78, 5) is 88.7. The molecule has 1 rings (SSSR count). The Hall–Kier alpha value is -5.22. The molecule has 64 heavy (non-hydrogen) atoms. The van der Waals surface area contributed by atoms with Gasteiger partial charge in [0.2, 0.25) is 23.6 Å². The molecule has 0 radical (unpaired) electrons. The first-order chi connectivity index (χ1) is 29.6. The van der Waals surface area contributed by atoms with Gasteiger partial charge in [-0.1, -0.05) is 97.2 Å². The second kappa shape index (κ2) is 33.3.